The summed E-state index contributed by atoms with van der Waals surface area (Å²) >= 11 is 5.98. The molecule has 3 aromatic rings. The molecular formula is C34H46ClN5O3. The van der Waals surface area contributed by atoms with Gasteiger partial charge < -0.3 is 15.7 Å². The molecular weight excluding hydrogens is 562 g/mol. The molecule has 0 spiro atoms. The molecule has 2 aromatic heterocycles. The molecule has 0 saturated heterocycles. The summed E-state index contributed by atoms with van der Waals surface area (Å²) in [5.41, 5.74) is 11.9. The molecule has 3 heterocycles. The zero-order chi connectivity index (χ0) is 31.7. The highest BCUT2D eigenvalue weighted by molar-refractivity contribution is 6.29. The van der Waals surface area contributed by atoms with Crippen molar-refractivity contribution in [1.82, 2.24) is 19.7 Å². The topological polar surface area (TPSA) is 114 Å². The van der Waals surface area contributed by atoms with Crippen LogP contribution >= 0.6 is 11.6 Å². The van der Waals surface area contributed by atoms with Crippen LogP contribution in [0.15, 0.2) is 43.1 Å². The number of rotatable bonds is 9. The molecule has 2 atom stereocenters. The third-order valence-corrected chi connectivity index (χ3v) is 8.33. The quantitative estimate of drug-likeness (QED) is 0.147. The number of aryl methyl sites for hydroxylation is 1. The second kappa shape index (κ2) is 15.7. The molecule has 43 heavy (non-hydrogen) atoms. The molecule has 1 aliphatic carbocycles. The molecule has 5 rings (SSSR count). The van der Waals surface area contributed by atoms with Gasteiger partial charge >= 0.3 is 0 Å². The highest BCUT2D eigenvalue weighted by atomic mass is 35.5. The van der Waals surface area contributed by atoms with Crippen LogP contribution in [0.3, 0.4) is 0 Å². The van der Waals surface area contributed by atoms with E-state index in [9.17, 15) is 9.90 Å². The standard InChI is InChI=1S/C29H36ClN5O2.C3H4O.C2H6/c1-4-17(3)6-10-22-28-23(5-2)34(29(37)20-16-32-27(30)15-21(20)31)13-12-25(28)35(33-22)24-11-9-19(14-26(24)36)18-7-8-18;1-2-3-4;1-2/h9,11,14-18,23,36H,4-8,10,12-13H2,1-3H3,(H2,31,32);2-3H,1H2;1-2H3. The molecule has 3 N–H and O–H groups in total. The molecule has 1 fully saturated rings. The highest BCUT2D eigenvalue weighted by Gasteiger charge is 2.37. The number of fused-ring (bicyclic) bond motifs is 1. The lowest BCUT2D eigenvalue weighted by Crippen LogP contribution is -2.40. The second-order valence-corrected chi connectivity index (χ2v) is 11.3. The Kier molecular flexibility index (Phi) is 12.4. The van der Waals surface area contributed by atoms with E-state index in [1.165, 1.54) is 36.7 Å². The van der Waals surface area contributed by atoms with Crippen molar-refractivity contribution in [2.45, 2.75) is 91.5 Å². The Bertz CT molecular complexity index is 1410. The minimum Gasteiger partial charge on any atom is -0.506 e. The number of hydrogen-bond donors (Lipinski definition) is 2. The molecule has 1 amide bonds. The van der Waals surface area contributed by atoms with Gasteiger partial charge in [-0.1, -0.05) is 65.3 Å². The fourth-order valence-electron chi connectivity index (χ4n) is 5.49. The van der Waals surface area contributed by atoms with Gasteiger partial charge in [0.25, 0.3) is 5.91 Å². The lowest BCUT2D eigenvalue weighted by atomic mass is 9.90. The van der Waals surface area contributed by atoms with Gasteiger partial charge in [0, 0.05) is 30.4 Å². The molecule has 0 radical (unpaired) electrons. The number of halogens is 1. The number of carbonyl (C=O) groups is 2. The maximum atomic E-state index is 13.7. The fraction of sp³-hybridized carbons (Fsp3) is 0.471. The van der Waals surface area contributed by atoms with Crippen molar-refractivity contribution < 1.29 is 14.7 Å². The minimum atomic E-state index is -0.142. The zero-order valence-electron chi connectivity index (χ0n) is 26.1. The van der Waals surface area contributed by atoms with Gasteiger partial charge in [-0.3, -0.25) is 9.59 Å². The number of phenolic OH excluding ortho intramolecular Hbond substituents is 1. The summed E-state index contributed by atoms with van der Waals surface area (Å²) in [6, 6.07) is 7.39. The van der Waals surface area contributed by atoms with Crippen molar-refractivity contribution in [3.63, 3.8) is 0 Å². The van der Waals surface area contributed by atoms with Crippen LogP contribution in [0.1, 0.15) is 112 Å². The first kappa shape index (κ1) is 33.8. The summed E-state index contributed by atoms with van der Waals surface area (Å²) in [6.07, 6.45) is 10.0. The number of hydrogen-bond acceptors (Lipinski definition) is 6. The number of allylic oxidation sites excluding steroid dienone is 1. The van der Waals surface area contributed by atoms with Crippen molar-refractivity contribution in [2.24, 2.45) is 5.92 Å². The molecule has 9 heteroatoms. The van der Waals surface area contributed by atoms with Gasteiger partial charge in [0.05, 0.1) is 23.0 Å². The number of anilines is 1. The van der Waals surface area contributed by atoms with Crippen LogP contribution in [0.4, 0.5) is 5.69 Å². The number of aromatic nitrogens is 3. The number of phenols is 1. The van der Waals surface area contributed by atoms with E-state index < -0.39 is 0 Å². The van der Waals surface area contributed by atoms with Crippen LogP contribution in [-0.4, -0.2) is 43.5 Å². The van der Waals surface area contributed by atoms with Gasteiger partial charge in [-0.25, -0.2) is 9.67 Å². The second-order valence-electron chi connectivity index (χ2n) is 10.9. The Morgan fingerprint density at radius 2 is 1.95 bits per heavy atom. The molecule has 1 aromatic carbocycles. The van der Waals surface area contributed by atoms with E-state index in [0.29, 0.717) is 48.0 Å². The van der Waals surface area contributed by atoms with Gasteiger partial charge in [-0.2, -0.15) is 5.10 Å². The highest BCUT2D eigenvalue weighted by Crippen LogP contribution is 2.43. The Hall–Kier alpha value is -3.65. The van der Waals surface area contributed by atoms with E-state index in [0.717, 1.165) is 42.6 Å². The molecule has 8 nitrogen and oxygen atoms in total. The van der Waals surface area contributed by atoms with E-state index >= 15 is 0 Å². The Morgan fingerprint density at radius 3 is 2.51 bits per heavy atom. The SMILES string of the molecule is C=CC=O.CC.CCC(C)CCc1nn(-c2ccc(C3CC3)cc2O)c2c1C(CC)N(C(=O)c1cnc(Cl)cc1N)CC2. The summed E-state index contributed by atoms with van der Waals surface area (Å²) in [6.45, 7) is 14.2. The number of benzene rings is 1. The Labute approximate surface area is 261 Å². The maximum absolute atomic E-state index is 13.7. The van der Waals surface area contributed by atoms with E-state index in [-0.39, 0.29) is 22.9 Å². The van der Waals surface area contributed by atoms with Gasteiger partial charge in [0.1, 0.15) is 22.9 Å². The fourth-order valence-corrected chi connectivity index (χ4v) is 5.65. The first-order valence-electron chi connectivity index (χ1n) is 15.5. The van der Waals surface area contributed by atoms with E-state index in [2.05, 4.69) is 38.4 Å². The summed E-state index contributed by atoms with van der Waals surface area (Å²) in [4.78, 5) is 28.7. The van der Waals surface area contributed by atoms with Crippen molar-refractivity contribution in [3.8, 4) is 11.4 Å². The smallest absolute Gasteiger partial charge is 0.258 e. The number of nitrogens with zero attached hydrogens (tertiary/aromatic N) is 4. The van der Waals surface area contributed by atoms with E-state index in [1.54, 1.807) is 0 Å². The zero-order valence-corrected chi connectivity index (χ0v) is 26.9. The number of nitrogens with two attached hydrogens (primary N) is 1. The number of amides is 1. The van der Waals surface area contributed by atoms with Gasteiger partial charge in [-0.15, -0.1) is 0 Å². The predicted molar refractivity (Wildman–Crippen MR) is 174 cm³/mol. The van der Waals surface area contributed by atoms with E-state index in [1.807, 2.05) is 35.6 Å². The number of aromatic hydroxyl groups is 1. The Morgan fingerprint density at radius 1 is 1.26 bits per heavy atom. The van der Waals surface area contributed by atoms with Crippen molar-refractivity contribution in [3.05, 3.63) is 76.3 Å². The predicted octanol–water partition coefficient (Wildman–Crippen LogP) is 7.61. The largest absolute Gasteiger partial charge is 0.506 e. The lowest BCUT2D eigenvalue weighted by molar-refractivity contribution is -0.104. The Balaban J connectivity index is 0.000000780. The number of aldehydes is 1. The van der Waals surface area contributed by atoms with E-state index in [4.69, 9.17) is 27.2 Å². The molecule has 232 valence electrons. The minimum absolute atomic E-state index is 0.139. The first-order valence-corrected chi connectivity index (χ1v) is 15.8. The van der Waals surface area contributed by atoms with Crippen LogP contribution in [0, 0.1) is 5.92 Å². The van der Waals surface area contributed by atoms with Crippen molar-refractivity contribution >= 4 is 29.5 Å². The van der Waals surface area contributed by atoms with Crippen molar-refractivity contribution in [2.75, 3.05) is 12.3 Å². The molecule has 0 bridgehead atoms. The summed E-state index contributed by atoms with van der Waals surface area (Å²) < 4.78 is 1.93. The molecule has 2 unspecified atom stereocenters. The molecule has 2 aliphatic rings. The number of nitrogen functional groups attached to an aromatic ring is 1. The van der Waals surface area contributed by atoms with Gasteiger partial charge in [0.15, 0.2) is 0 Å². The molecule has 1 saturated carbocycles. The normalized spacial score (nSPS) is 16.1. The number of pyridine rings is 1. The van der Waals surface area contributed by atoms with Crippen LogP contribution < -0.4 is 5.73 Å². The summed E-state index contributed by atoms with van der Waals surface area (Å²) in [7, 11) is 0. The van der Waals surface area contributed by atoms with Crippen LogP contribution in [0.25, 0.3) is 5.69 Å². The van der Waals surface area contributed by atoms with Crippen LogP contribution in [0.2, 0.25) is 5.15 Å². The van der Waals surface area contributed by atoms with Crippen molar-refractivity contribution in [1.29, 1.82) is 0 Å². The third-order valence-electron chi connectivity index (χ3n) is 8.12. The summed E-state index contributed by atoms with van der Waals surface area (Å²) in [5, 5.41) is 16.3. The third kappa shape index (κ3) is 7.85. The number of carbonyl (C=O) groups excluding carboxylic acids is 2. The molecule has 1 aliphatic heterocycles. The lowest BCUT2D eigenvalue weighted by Gasteiger charge is -2.36. The van der Waals surface area contributed by atoms with Crippen LogP contribution in [0.5, 0.6) is 5.75 Å². The van der Waals surface area contributed by atoms with Gasteiger partial charge in [0.2, 0.25) is 0 Å². The van der Waals surface area contributed by atoms with Gasteiger partial charge in [-0.05, 0) is 73.8 Å². The van der Waals surface area contributed by atoms with Crippen LogP contribution in [-0.2, 0) is 17.6 Å². The average molecular weight is 608 g/mol. The first-order chi connectivity index (χ1) is 20.7. The average Bonchev–Trinajstić information content (AvgIpc) is 3.81. The summed E-state index contributed by atoms with van der Waals surface area (Å²) in [5.74, 6) is 1.26. The monoisotopic (exact) mass is 607 g/mol. The maximum Gasteiger partial charge on any atom is 0.258 e.